The highest BCUT2D eigenvalue weighted by Gasteiger charge is 2.12. The lowest BCUT2D eigenvalue weighted by molar-refractivity contribution is 0.581. The fourth-order valence-electron chi connectivity index (χ4n) is 4.53. The highest BCUT2D eigenvalue weighted by atomic mass is 32.2. The molecule has 0 aliphatic heterocycles. The number of pyridine rings is 2. The number of hydrogen-bond donors (Lipinski definition) is 5. The van der Waals surface area contributed by atoms with Gasteiger partial charge in [0, 0.05) is 49.3 Å². The van der Waals surface area contributed by atoms with E-state index in [0.29, 0.717) is 43.6 Å². The second-order valence-electron chi connectivity index (χ2n) is 10.9. The van der Waals surface area contributed by atoms with Crippen molar-refractivity contribution in [3.8, 4) is 12.1 Å². The lowest BCUT2D eigenvalue weighted by Crippen LogP contribution is -2.32. The summed E-state index contributed by atoms with van der Waals surface area (Å²) in [6.07, 6.45) is 5.40. The quantitative estimate of drug-likeness (QED) is 0.139. The minimum absolute atomic E-state index is 0.231. The number of anilines is 2. The van der Waals surface area contributed by atoms with Gasteiger partial charge in [0.15, 0.2) is 0 Å². The van der Waals surface area contributed by atoms with Gasteiger partial charge in [0.05, 0.1) is 39.8 Å². The van der Waals surface area contributed by atoms with Crippen LogP contribution in [-0.4, -0.2) is 59.2 Å². The molecule has 244 valence electrons. The minimum Gasteiger partial charge on any atom is -0.383 e. The van der Waals surface area contributed by atoms with E-state index in [-0.39, 0.29) is 6.54 Å². The fourth-order valence-corrected chi connectivity index (χ4v) is 5.47. The molecule has 0 aliphatic rings. The van der Waals surface area contributed by atoms with Gasteiger partial charge < -0.3 is 10.6 Å². The molecule has 0 unspecified atom stereocenters. The van der Waals surface area contributed by atoms with E-state index < -0.39 is 20.2 Å². The SMILES string of the molecule is Cc1cc2ncc(C#N)c(NCCCNS(C)(=O)=O)c2cc1C.Cc1cc2ncc(C#N)c(NCCCNS(N)(=O)=O)c2cc1C. The molecule has 0 bridgehead atoms. The number of aryl methyl sites for hydroxylation is 4. The van der Waals surface area contributed by atoms with Gasteiger partial charge in [-0.15, -0.1) is 0 Å². The molecule has 2 heterocycles. The molecule has 13 nitrogen and oxygen atoms in total. The van der Waals surface area contributed by atoms with E-state index in [1.807, 2.05) is 52.0 Å². The van der Waals surface area contributed by atoms with Gasteiger partial charge in [0.1, 0.15) is 12.1 Å². The first-order valence-corrected chi connectivity index (χ1v) is 17.9. The van der Waals surface area contributed by atoms with Crippen LogP contribution in [0.15, 0.2) is 36.7 Å². The van der Waals surface area contributed by atoms with Crippen LogP contribution in [0.2, 0.25) is 0 Å². The number of nitriles is 2. The van der Waals surface area contributed by atoms with E-state index in [9.17, 15) is 27.4 Å². The molecule has 0 saturated carbocycles. The summed E-state index contributed by atoms with van der Waals surface area (Å²) >= 11 is 0. The smallest absolute Gasteiger partial charge is 0.274 e. The van der Waals surface area contributed by atoms with Crippen molar-refractivity contribution >= 4 is 53.4 Å². The highest BCUT2D eigenvalue weighted by molar-refractivity contribution is 7.88. The van der Waals surface area contributed by atoms with Crippen molar-refractivity contribution in [1.82, 2.24) is 19.4 Å². The second kappa shape index (κ2) is 15.8. The number of rotatable bonds is 12. The van der Waals surface area contributed by atoms with Crippen LogP contribution in [-0.2, 0) is 20.2 Å². The van der Waals surface area contributed by atoms with Crippen LogP contribution in [0.5, 0.6) is 0 Å². The zero-order valence-electron chi connectivity index (χ0n) is 26.5. The fraction of sp³-hybridized carbons (Fsp3) is 0.355. The zero-order chi connectivity index (χ0) is 34.1. The van der Waals surface area contributed by atoms with E-state index in [2.05, 4.69) is 42.2 Å². The molecule has 0 saturated heterocycles. The summed E-state index contributed by atoms with van der Waals surface area (Å²) in [7, 11) is -6.83. The van der Waals surface area contributed by atoms with Crippen LogP contribution >= 0.6 is 0 Å². The van der Waals surface area contributed by atoms with Crippen molar-refractivity contribution in [2.75, 3.05) is 43.1 Å². The van der Waals surface area contributed by atoms with Crippen LogP contribution < -0.4 is 25.2 Å². The third-order valence-corrected chi connectivity index (χ3v) is 8.52. The van der Waals surface area contributed by atoms with Crippen LogP contribution in [0.3, 0.4) is 0 Å². The summed E-state index contributed by atoms with van der Waals surface area (Å²) in [4.78, 5) is 8.66. The standard InChI is InChI=1S/C16H20N4O2S.C15H19N5O2S/c1-11-7-14-15(8-12(11)2)19-10-13(9-17)16(14)18-5-4-6-20-23(3,21)22;1-10-6-13-14(7-11(10)2)19-9-12(8-16)15(13)18-4-3-5-20-23(17,21)22/h7-8,10,20H,4-6H2,1-3H3,(H,18,19);6-7,9,20H,3-5H2,1-2H3,(H,18,19)(H2,17,21,22). The molecule has 0 fully saturated rings. The number of benzene rings is 2. The first-order valence-electron chi connectivity index (χ1n) is 14.4. The average molecular weight is 666 g/mol. The number of aromatic nitrogens is 2. The molecule has 4 aromatic rings. The summed E-state index contributed by atoms with van der Waals surface area (Å²) in [6, 6.07) is 12.3. The van der Waals surface area contributed by atoms with Gasteiger partial charge in [0.2, 0.25) is 10.0 Å². The van der Waals surface area contributed by atoms with Crippen molar-refractivity contribution in [3.63, 3.8) is 0 Å². The lowest BCUT2D eigenvalue weighted by atomic mass is 10.0. The van der Waals surface area contributed by atoms with Gasteiger partial charge in [0.25, 0.3) is 10.2 Å². The Balaban J connectivity index is 0.000000250. The predicted molar refractivity (Wildman–Crippen MR) is 182 cm³/mol. The Morgan fingerprint density at radius 1 is 0.674 bits per heavy atom. The first-order chi connectivity index (χ1) is 21.6. The molecule has 0 amide bonds. The topological polar surface area (TPSA) is 216 Å². The maximum atomic E-state index is 11.0. The van der Waals surface area contributed by atoms with Crippen molar-refractivity contribution in [3.05, 3.63) is 70.0 Å². The zero-order valence-corrected chi connectivity index (χ0v) is 28.2. The summed E-state index contributed by atoms with van der Waals surface area (Å²) in [5, 5.41) is 31.7. The molecule has 0 atom stereocenters. The van der Waals surface area contributed by atoms with Crippen LogP contribution in [0.25, 0.3) is 21.8 Å². The van der Waals surface area contributed by atoms with E-state index in [1.165, 1.54) is 0 Å². The molecule has 2 aromatic heterocycles. The molecule has 46 heavy (non-hydrogen) atoms. The number of nitrogens with one attached hydrogen (secondary N) is 4. The Morgan fingerprint density at radius 2 is 1.07 bits per heavy atom. The molecule has 4 rings (SSSR count). The third-order valence-electron chi connectivity index (χ3n) is 7.19. The maximum Gasteiger partial charge on any atom is 0.274 e. The minimum atomic E-state index is -3.67. The summed E-state index contributed by atoms with van der Waals surface area (Å²) in [5.41, 5.74) is 8.61. The number of nitrogens with zero attached hydrogens (tertiary/aromatic N) is 4. The summed E-state index contributed by atoms with van der Waals surface area (Å²) < 4.78 is 48.3. The Kier molecular flexibility index (Phi) is 12.4. The molecular formula is C31H39N9O4S2. The molecule has 0 aliphatic carbocycles. The largest absolute Gasteiger partial charge is 0.383 e. The second-order valence-corrected chi connectivity index (χ2v) is 14.1. The summed E-state index contributed by atoms with van der Waals surface area (Å²) in [6.45, 7) is 9.72. The van der Waals surface area contributed by atoms with E-state index in [0.717, 1.165) is 61.7 Å². The van der Waals surface area contributed by atoms with Crippen molar-refractivity contribution < 1.29 is 16.8 Å². The van der Waals surface area contributed by atoms with Gasteiger partial charge in [-0.3, -0.25) is 9.97 Å². The van der Waals surface area contributed by atoms with Crippen molar-refractivity contribution in [2.24, 2.45) is 5.14 Å². The third kappa shape index (κ3) is 10.3. The highest BCUT2D eigenvalue weighted by Crippen LogP contribution is 2.29. The van der Waals surface area contributed by atoms with E-state index in [1.54, 1.807) is 12.4 Å². The Morgan fingerprint density at radius 3 is 1.43 bits per heavy atom. The van der Waals surface area contributed by atoms with Gasteiger partial charge in [-0.25, -0.2) is 23.0 Å². The lowest BCUT2D eigenvalue weighted by Gasteiger charge is -2.13. The van der Waals surface area contributed by atoms with Gasteiger partial charge in [-0.1, -0.05) is 0 Å². The number of hydrogen-bond acceptors (Lipinski definition) is 10. The summed E-state index contributed by atoms with van der Waals surface area (Å²) in [5.74, 6) is 0. The molecular weight excluding hydrogens is 627 g/mol. The van der Waals surface area contributed by atoms with Gasteiger partial charge in [-0.2, -0.15) is 18.9 Å². The maximum absolute atomic E-state index is 11.0. The predicted octanol–water partition coefficient (Wildman–Crippen LogP) is 3.39. The van der Waals surface area contributed by atoms with E-state index in [4.69, 9.17) is 5.14 Å². The number of fused-ring (bicyclic) bond motifs is 2. The average Bonchev–Trinajstić information content (AvgIpc) is 2.97. The molecule has 15 heteroatoms. The molecule has 0 radical (unpaired) electrons. The molecule has 6 N–H and O–H groups in total. The Hall–Kier alpha value is -4.38. The molecule has 2 aromatic carbocycles. The first kappa shape index (κ1) is 36.1. The van der Waals surface area contributed by atoms with Crippen LogP contribution in [0, 0.1) is 50.4 Å². The van der Waals surface area contributed by atoms with Gasteiger partial charge in [-0.05, 0) is 87.1 Å². The van der Waals surface area contributed by atoms with E-state index >= 15 is 0 Å². The molecule has 0 spiro atoms. The number of nitrogens with two attached hydrogens (primary N) is 1. The monoisotopic (exact) mass is 665 g/mol. The van der Waals surface area contributed by atoms with Gasteiger partial charge >= 0.3 is 0 Å². The van der Waals surface area contributed by atoms with Crippen LogP contribution in [0.4, 0.5) is 11.4 Å². The normalized spacial score (nSPS) is 11.4. The Labute approximate surface area is 270 Å². The van der Waals surface area contributed by atoms with Crippen molar-refractivity contribution in [1.29, 1.82) is 10.5 Å². The van der Waals surface area contributed by atoms with Crippen molar-refractivity contribution in [2.45, 2.75) is 40.5 Å². The Bertz CT molecular complexity index is 1890. The number of sulfonamides is 1. The van der Waals surface area contributed by atoms with Crippen LogP contribution in [0.1, 0.15) is 46.2 Å².